The lowest BCUT2D eigenvalue weighted by Gasteiger charge is -2.23. The van der Waals surface area contributed by atoms with E-state index in [1.165, 1.54) is 11.9 Å². The first-order chi connectivity index (χ1) is 8.04. The Bertz CT molecular complexity index is 319. The molecule has 0 spiro atoms. The second-order valence-corrected chi connectivity index (χ2v) is 3.92. The van der Waals surface area contributed by atoms with Gasteiger partial charge >= 0.3 is 12.0 Å². The smallest absolute Gasteiger partial charge is 0.318 e. The minimum atomic E-state index is -0.916. The van der Waals surface area contributed by atoms with Crippen LogP contribution >= 0.6 is 0 Å². The highest BCUT2D eigenvalue weighted by Gasteiger charge is 2.30. The summed E-state index contributed by atoms with van der Waals surface area (Å²) in [6, 6.07) is -0.644. The van der Waals surface area contributed by atoms with E-state index in [2.05, 4.69) is 10.6 Å². The Kier molecular flexibility index (Phi) is 4.74. The van der Waals surface area contributed by atoms with E-state index in [4.69, 9.17) is 5.11 Å². The summed E-state index contributed by atoms with van der Waals surface area (Å²) < 4.78 is 0. The maximum absolute atomic E-state index is 11.7. The number of carboxylic acid groups (broad SMARTS) is 1. The Labute approximate surface area is 99.2 Å². The fourth-order valence-corrected chi connectivity index (χ4v) is 1.86. The Morgan fingerprint density at radius 3 is 2.71 bits per heavy atom. The number of urea groups is 1. The molecular formula is C10H17N3O4. The average molecular weight is 243 g/mol. The number of nitrogens with zero attached hydrogens (tertiary/aromatic N) is 1. The molecule has 0 aromatic rings. The van der Waals surface area contributed by atoms with Gasteiger partial charge < -0.3 is 20.6 Å². The molecule has 1 rings (SSSR count). The van der Waals surface area contributed by atoms with Gasteiger partial charge in [-0.2, -0.15) is 0 Å². The first-order valence-electron chi connectivity index (χ1n) is 5.51. The van der Waals surface area contributed by atoms with Crippen LogP contribution in [-0.4, -0.2) is 54.1 Å². The molecule has 0 bridgehead atoms. The molecule has 1 fully saturated rings. The molecule has 3 N–H and O–H groups in total. The monoisotopic (exact) mass is 243 g/mol. The molecule has 0 aromatic carbocycles. The van der Waals surface area contributed by atoms with Crippen molar-refractivity contribution in [1.29, 1.82) is 0 Å². The van der Waals surface area contributed by atoms with Crippen LogP contribution in [-0.2, 0) is 9.59 Å². The largest absolute Gasteiger partial charge is 0.481 e. The van der Waals surface area contributed by atoms with Crippen molar-refractivity contribution in [3.8, 4) is 0 Å². The standard InChI is InChI=1S/C10H17N3O4/c1-11-8(14)6-12-10(17)13-4-2-3-7(13)5-9(15)16/h7H,2-6H2,1H3,(H,11,14)(H,12,17)(H,15,16). The molecule has 17 heavy (non-hydrogen) atoms. The van der Waals surface area contributed by atoms with Gasteiger partial charge in [-0.3, -0.25) is 9.59 Å². The van der Waals surface area contributed by atoms with Crippen LogP contribution in [0.4, 0.5) is 4.79 Å². The van der Waals surface area contributed by atoms with Crippen LogP contribution in [0.25, 0.3) is 0 Å². The fourth-order valence-electron chi connectivity index (χ4n) is 1.86. The molecule has 1 heterocycles. The third-order valence-corrected chi connectivity index (χ3v) is 2.73. The van der Waals surface area contributed by atoms with Crippen molar-refractivity contribution in [1.82, 2.24) is 15.5 Å². The molecule has 1 unspecified atom stereocenters. The first-order valence-corrected chi connectivity index (χ1v) is 5.51. The zero-order valence-corrected chi connectivity index (χ0v) is 9.73. The van der Waals surface area contributed by atoms with Crippen LogP contribution in [0.5, 0.6) is 0 Å². The van der Waals surface area contributed by atoms with Gasteiger partial charge in [0.15, 0.2) is 0 Å². The normalized spacial score (nSPS) is 18.9. The van der Waals surface area contributed by atoms with Crippen LogP contribution in [0.3, 0.4) is 0 Å². The molecular weight excluding hydrogens is 226 g/mol. The molecule has 1 saturated heterocycles. The summed E-state index contributed by atoms with van der Waals surface area (Å²) in [6.07, 6.45) is 1.44. The quantitative estimate of drug-likeness (QED) is 0.613. The van der Waals surface area contributed by atoms with E-state index in [0.717, 1.165) is 6.42 Å². The summed E-state index contributed by atoms with van der Waals surface area (Å²) in [7, 11) is 1.48. The minimum Gasteiger partial charge on any atom is -0.481 e. The predicted molar refractivity (Wildman–Crippen MR) is 59.4 cm³/mol. The molecule has 1 aliphatic heterocycles. The SMILES string of the molecule is CNC(=O)CNC(=O)N1CCCC1CC(=O)O. The number of carboxylic acids is 1. The second-order valence-electron chi connectivity index (χ2n) is 3.92. The van der Waals surface area contributed by atoms with Crippen molar-refractivity contribution >= 4 is 17.9 Å². The third-order valence-electron chi connectivity index (χ3n) is 2.73. The van der Waals surface area contributed by atoms with E-state index < -0.39 is 5.97 Å². The Hall–Kier alpha value is -1.79. The van der Waals surface area contributed by atoms with Gasteiger partial charge in [-0.15, -0.1) is 0 Å². The molecule has 3 amide bonds. The summed E-state index contributed by atoms with van der Waals surface area (Å²) in [5.74, 6) is -1.20. The highest BCUT2D eigenvalue weighted by atomic mass is 16.4. The molecule has 0 aromatic heterocycles. The minimum absolute atomic E-state index is 0.0482. The van der Waals surface area contributed by atoms with E-state index in [0.29, 0.717) is 13.0 Å². The summed E-state index contributed by atoms with van der Waals surface area (Å²) in [5, 5.41) is 13.6. The highest BCUT2D eigenvalue weighted by Crippen LogP contribution is 2.19. The number of carbonyl (C=O) groups excluding carboxylic acids is 2. The summed E-state index contributed by atoms with van der Waals surface area (Å²) in [6.45, 7) is 0.448. The van der Waals surface area contributed by atoms with E-state index in [1.807, 2.05) is 0 Å². The zero-order chi connectivity index (χ0) is 12.8. The van der Waals surface area contributed by atoms with Crippen molar-refractivity contribution in [2.75, 3.05) is 20.1 Å². The third kappa shape index (κ3) is 3.93. The number of likely N-dealkylation sites (N-methyl/N-ethyl adjacent to an activating group) is 1. The van der Waals surface area contributed by atoms with Gasteiger partial charge in [0.05, 0.1) is 13.0 Å². The average Bonchev–Trinajstić information content (AvgIpc) is 2.72. The number of likely N-dealkylation sites (tertiary alicyclic amines) is 1. The van der Waals surface area contributed by atoms with Crippen molar-refractivity contribution in [2.24, 2.45) is 0 Å². The number of hydrogen-bond donors (Lipinski definition) is 3. The number of aliphatic carboxylic acids is 1. The number of hydrogen-bond acceptors (Lipinski definition) is 3. The molecule has 1 atom stereocenters. The van der Waals surface area contributed by atoms with Crippen molar-refractivity contribution in [3.05, 3.63) is 0 Å². The molecule has 96 valence electrons. The van der Waals surface area contributed by atoms with Gasteiger partial charge in [0.2, 0.25) is 5.91 Å². The number of nitrogens with one attached hydrogen (secondary N) is 2. The van der Waals surface area contributed by atoms with Crippen LogP contribution in [0.1, 0.15) is 19.3 Å². The summed E-state index contributed by atoms with van der Waals surface area (Å²) in [4.78, 5) is 34.7. The zero-order valence-electron chi connectivity index (χ0n) is 9.73. The lowest BCUT2D eigenvalue weighted by atomic mass is 10.1. The second kappa shape index (κ2) is 6.07. The highest BCUT2D eigenvalue weighted by molar-refractivity contribution is 5.84. The molecule has 0 radical (unpaired) electrons. The van der Waals surface area contributed by atoms with Crippen LogP contribution in [0.2, 0.25) is 0 Å². The summed E-state index contributed by atoms with van der Waals surface area (Å²) >= 11 is 0. The fraction of sp³-hybridized carbons (Fsp3) is 0.700. The molecule has 0 aliphatic carbocycles. The van der Waals surface area contributed by atoms with E-state index in [9.17, 15) is 14.4 Å². The first kappa shape index (κ1) is 13.3. The Morgan fingerprint density at radius 2 is 2.12 bits per heavy atom. The van der Waals surface area contributed by atoms with Crippen molar-refractivity contribution < 1.29 is 19.5 Å². The van der Waals surface area contributed by atoms with Crippen molar-refractivity contribution in [3.63, 3.8) is 0 Å². The maximum atomic E-state index is 11.7. The van der Waals surface area contributed by atoms with Gasteiger partial charge in [0.1, 0.15) is 0 Å². The Morgan fingerprint density at radius 1 is 1.41 bits per heavy atom. The molecule has 7 nitrogen and oxygen atoms in total. The van der Waals surface area contributed by atoms with E-state index in [-0.39, 0.29) is 30.9 Å². The number of amides is 3. The van der Waals surface area contributed by atoms with Crippen LogP contribution in [0.15, 0.2) is 0 Å². The lowest BCUT2D eigenvalue weighted by Crippen LogP contribution is -2.46. The topological polar surface area (TPSA) is 98.7 Å². The number of rotatable bonds is 4. The maximum Gasteiger partial charge on any atom is 0.318 e. The van der Waals surface area contributed by atoms with E-state index in [1.54, 1.807) is 0 Å². The van der Waals surface area contributed by atoms with Gasteiger partial charge in [-0.1, -0.05) is 0 Å². The molecule has 0 saturated carbocycles. The predicted octanol–water partition coefficient (Wildman–Crippen LogP) is -0.619. The lowest BCUT2D eigenvalue weighted by molar-refractivity contribution is -0.138. The van der Waals surface area contributed by atoms with Crippen LogP contribution < -0.4 is 10.6 Å². The van der Waals surface area contributed by atoms with Gasteiger partial charge in [0.25, 0.3) is 0 Å². The van der Waals surface area contributed by atoms with E-state index >= 15 is 0 Å². The van der Waals surface area contributed by atoms with Crippen LogP contribution in [0, 0.1) is 0 Å². The number of carbonyl (C=O) groups is 3. The molecule has 1 aliphatic rings. The Balaban J connectivity index is 2.44. The summed E-state index contributed by atoms with van der Waals surface area (Å²) in [5.41, 5.74) is 0. The molecule has 7 heteroatoms. The van der Waals surface area contributed by atoms with Gasteiger partial charge in [-0.25, -0.2) is 4.79 Å². The van der Waals surface area contributed by atoms with Gasteiger partial charge in [0, 0.05) is 19.6 Å². The van der Waals surface area contributed by atoms with Gasteiger partial charge in [-0.05, 0) is 12.8 Å². The van der Waals surface area contributed by atoms with Crippen molar-refractivity contribution in [2.45, 2.75) is 25.3 Å².